The number of carbonyl (C=O) groups is 1. The number of unbranched alkanes of at least 4 members (excludes halogenated alkanes) is 1. The Labute approximate surface area is 99.6 Å². The fourth-order valence-corrected chi connectivity index (χ4v) is 0.648. The van der Waals surface area contributed by atoms with Gasteiger partial charge in [0.1, 0.15) is 0 Å². The molecule has 0 aliphatic heterocycles. The van der Waals surface area contributed by atoms with Crippen molar-refractivity contribution in [3.63, 3.8) is 0 Å². The van der Waals surface area contributed by atoms with E-state index in [9.17, 15) is 4.79 Å². The number of rotatable bonds is 6. The fraction of sp³-hybridized carbons (Fsp3) is 0.556. The Morgan fingerprint density at radius 2 is 2.17 bits per heavy atom. The Bertz CT molecular complexity index is 143. The summed E-state index contributed by atoms with van der Waals surface area (Å²) in [6.07, 6.45) is 3.28. The maximum absolute atomic E-state index is 10.9. The van der Waals surface area contributed by atoms with Crippen molar-refractivity contribution >= 4 is 5.78 Å². The Morgan fingerprint density at radius 3 is 2.58 bits per heavy atom. The van der Waals surface area contributed by atoms with Gasteiger partial charge in [0.15, 0.2) is 5.78 Å². The van der Waals surface area contributed by atoms with E-state index in [4.69, 9.17) is 4.74 Å². The number of allylic oxidation sites excluding steroid dienone is 1. The Morgan fingerprint density at radius 1 is 1.58 bits per heavy atom. The Hall–Kier alpha value is 0.474. The summed E-state index contributed by atoms with van der Waals surface area (Å²) in [6.45, 7) is 5.91. The van der Waals surface area contributed by atoms with Crippen molar-refractivity contribution < 1.29 is 42.2 Å². The molecule has 0 saturated carbocycles. The van der Waals surface area contributed by atoms with E-state index in [1.807, 2.05) is 6.42 Å². The zero-order chi connectivity index (χ0) is 8.69. The van der Waals surface area contributed by atoms with Crippen molar-refractivity contribution in [1.82, 2.24) is 0 Å². The maximum atomic E-state index is 10.9. The van der Waals surface area contributed by atoms with E-state index in [0.717, 1.165) is 6.42 Å². The molecule has 0 aliphatic carbocycles. The van der Waals surface area contributed by atoms with Crippen molar-refractivity contribution in [2.45, 2.75) is 19.8 Å². The van der Waals surface area contributed by atoms with E-state index in [0.29, 0.717) is 18.6 Å². The van der Waals surface area contributed by atoms with Gasteiger partial charge >= 0.3 is 0 Å². The SMILES string of the molecule is C=C(C)C(=O)CC[CH-]COC.[Y]. The van der Waals surface area contributed by atoms with Gasteiger partial charge in [0.05, 0.1) is 0 Å². The molecule has 0 atom stereocenters. The normalized spacial score (nSPS) is 8.83. The summed E-state index contributed by atoms with van der Waals surface area (Å²) in [5.74, 6) is 0.136. The van der Waals surface area contributed by atoms with Gasteiger partial charge in [-0.1, -0.05) is 13.2 Å². The second kappa shape index (κ2) is 9.56. The molecule has 1 radical (unpaired) electrons. The monoisotopic (exact) mass is 244 g/mol. The summed E-state index contributed by atoms with van der Waals surface area (Å²) in [4.78, 5) is 10.9. The number of Topliss-reactive ketones (excluding diaryl/α,β-unsaturated/α-hetero) is 1. The van der Waals surface area contributed by atoms with Crippen LogP contribution >= 0.6 is 0 Å². The number of ketones is 1. The Kier molecular flexibility index (Phi) is 11.9. The minimum Gasteiger partial charge on any atom is -0.416 e. The average molecular weight is 244 g/mol. The average Bonchev–Trinajstić information content (AvgIpc) is 1.97. The minimum atomic E-state index is 0. The summed E-state index contributed by atoms with van der Waals surface area (Å²) in [5.41, 5.74) is 0.635. The smallest absolute Gasteiger partial charge is 0.155 e. The number of hydrogen-bond acceptors (Lipinski definition) is 2. The molecule has 0 unspecified atom stereocenters. The zero-order valence-electron chi connectivity index (χ0n) is 7.80. The van der Waals surface area contributed by atoms with Crippen molar-refractivity contribution in [1.29, 1.82) is 0 Å². The summed E-state index contributed by atoms with van der Waals surface area (Å²) in [5, 5.41) is 0. The summed E-state index contributed by atoms with van der Waals surface area (Å²) in [6, 6.07) is 0. The van der Waals surface area contributed by atoms with Gasteiger partial charge in [-0.25, -0.2) is 0 Å². The standard InChI is InChI=1S/C9H15O2.Y/c1-8(2)9(10)6-4-5-7-11-3;/h5H,1,4,6-7H2,2-3H3;/q-1;. The Balaban J connectivity index is 0. The molecule has 0 amide bonds. The molecule has 0 heterocycles. The number of methoxy groups -OCH3 is 1. The van der Waals surface area contributed by atoms with E-state index in [-0.39, 0.29) is 38.5 Å². The molecular weight excluding hydrogens is 229 g/mol. The van der Waals surface area contributed by atoms with Crippen LogP contribution in [0.5, 0.6) is 0 Å². The van der Waals surface area contributed by atoms with E-state index >= 15 is 0 Å². The van der Waals surface area contributed by atoms with Crippen LogP contribution in [0.15, 0.2) is 12.2 Å². The van der Waals surface area contributed by atoms with Gasteiger partial charge in [0, 0.05) is 39.8 Å². The molecule has 0 aromatic carbocycles. The van der Waals surface area contributed by atoms with Crippen LogP contribution < -0.4 is 0 Å². The van der Waals surface area contributed by atoms with Crippen molar-refractivity contribution in [2.75, 3.05) is 13.7 Å². The van der Waals surface area contributed by atoms with Gasteiger partial charge in [-0.05, 0) is 18.9 Å². The van der Waals surface area contributed by atoms with Crippen molar-refractivity contribution in [3.05, 3.63) is 18.6 Å². The van der Waals surface area contributed by atoms with Crippen molar-refractivity contribution in [2.24, 2.45) is 0 Å². The quantitative estimate of drug-likeness (QED) is 0.404. The van der Waals surface area contributed by atoms with Gasteiger partial charge in [0.25, 0.3) is 0 Å². The third kappa shape index (κ3) is 8.57. The summed E-state index contributed by atoms with van der Waals surface area (Å²) in [7, 11) is 1.64. The molecule has 12 heavy (non-hydrogen) atoms. The molecule has 0 saturated heterocycles. The zero-order valence-corrected chi connectivity index (χ0v) is 10.6. The number of carbonyl (C=O) groups excluding carboxylic acids is 1. The second-order valence-electron chi connectivity index (χ2n) is 2.49. The molecule has 0 fully saturated rings. The third-order valence-electron chi connectivity index (χ3n) is 1.34. The van der Waals surface area contributed by atoms with Gasteiger partial charge in [-0.3, -0.25) is 4.79 Å². The molecule has 3 heteroatoms. The summed E-state index contributed by atoms with van der Waals surface area (Å²) >= 11 is 0. The second-order valence-corrected chi connectivity index (χ2v) is 2.49. The van der Waals surface area contributed by atoms with E-state index < -0.39 is 0 Å². The van der Waals surface area contributed by atoms with E-state index in [1.54, 1.807) is 14.0 Å². The van der Waals surface area contributed by atoms with Crippen LogP contribution in [0.25, 0.3) is 0 Å². The molecule has 67 valence electrons. The van der Waals surface area contributed by atoms with E-state index in [2.05, 4.69) is 6.58 Å². The largest absolute Gasteiger partial charge is 0.416 e. The fourth-order valence-electron chi connectivity index (χ4n) is 0.648. The minimum absolute atomic E-state index is 0. The van der Waals surface area contributed by atoms with Crippen LogP contribution in [-0.2, 0) is 42.2 Å². The molecule has 0 aromatic rings. The molecule has 0 rings (SSSR count). The molecule has 0 aromatic heterocycles. The number of hydrogen-bond donors (Lipinski definition) is 0. The van der Waals surface area contributed by atoms with Gasteiger partial charge in [0.2, 0.25) is 0 Å². The molecule has 2 nitrogen and oxygen atoms in total. The first-order valence-corrected chi connectivity index (χ1v) is 3.67. The predicted octanol–water partition coefficient (Wildman–Crippen LogP) is 1.76. The molecule has 0 N–H and O–H groups in total. The topological polar surface area (TPSA) is 26.3 Å². The first-order valence-electron chi connectivity index (χ1n) is 3.67. The van der Waals surface area contributed by atoms with Crippen LogP contribution in [0.4, 0.5) is 0 Å². The van der Waals surface area contributed by atoms with Crippen LogP contribution in [-0.4, -0.2) is 19.5 Å². The van der Waals surface area contributed by atoms with Crippen molar-refractivity contribution in [3.8, 4) is 0 Å². The van der Waals surface area contributed by atoms with Crippen LogP contribution in [0.3, 0.4) is 0 Å². The summed E-state index contributed by atoms with van der Waals surface area (Å²) < 4.78 is 4.79. The molecule has 0 spiro atoms. The first kappa shape index (κ1) is 15.0. The maximum Gasteiger partial charge on any atom is 0.155 e. The third-order valence-corrected chi connectivity index (χ3v) is 1.34. The van der Waals surface area contributed by atoms with Gasteiger partial charge < -0.3 is 11.2 Å². The van der Waals surface area contributed by atoms with Crippen LogP contribution in [0.1, 0.15) is 19.8 Å². The first-order chi connectivity index (χ1) is 5.18. The molecular formula is C9H15O2Y-. The van der Waals surface area contributed by atoms with Gasteiger partial charge in [-0.15, -0.1) is 0 Å². The molecule has 0 aliphatic rings. The van der Waals surface area contributed by atoms with Crippen LogP contribution in [0.2, 0.25) is 0 Å². The predicted molar refractivity (Wildman–Crippen MR) is 45.2 cm³/mol. The number of ether oxygens (including phenoxy) is 1. The van der Waals surface area contributed by atoms with Gasteiger partial charge in [-0.2, -0.15) is 6.42 Å². The van der Waals surface area contributed by atoms with Crippen LogP contribution in [0, 0.1) is 6.42 Å². The molecule has 0 bridgehead atoms. The van der Waals surface area contributed by atoms with E-state index in [1.165, 1.54) is 0 Å².